The second kappa shape index (κ2) is 5.09. The Bertz CT molecular complexity index is 356. The van der Waals surface area contributed by atoms with Gasteiger partial charge < -0.3 is 15.8 Å². The van der Waals surface area contributed by atoms with Crippen molar-refractivity contribution < 1.29 is 9.53 Å². The van der Waals surface area contributed by atoms with Crippen LogP contribution in [0.3, 0.4) is 0 Å². The van der Waals surface area contributed by atoms with Crippen molar-refractivity contribution in [3.63, 3.8) is 0 Å². The van der Waals surface area contributed by atoms with E-state index in [-0.39, 0.29) is 11.8 Å². The lowest BCUT2D eigenvalue weighted by Crippen LogP contribution is -2.22. The highest BCUT2D eigenvalue weighted by Crippen LogP contribution is 2.16. The Labute approximate surface area is 94.8 Å². The van der Waals surface area contributed by atoms with Crippen molar-refractivity contribution in [2.75, 3.05) is 18.5 Å². The molecule has 1 unspecified atom stereocenters. The molecule has 0 aromatic heterocycles. The summed E-state index contributed by atoms with van der Waals surface area (Å²) in [4.78, 5) is 11.8. The summed E-state index contributed by atoms with van der Waals surface area (Å²) in [6, 6.07) is 7.58. The summed E-state index contributed by atoms with van der Waals surface area (Å²) in [6.45, 7) is 1.74. The maximum atomic E-state index is 11.8. The zero-order chi connectivity index (χ0) is 11.4. The Kier molecular flexibility index (Phi) is 3.54. The number of nitrogens with two attached hydrogens (primary N) is 1. The molecule has 0 bridgehead atoms. The van der Waals surface area contributed by atoms with E-state index in [2.05, 4.69) is 5.32 Å². The van der Waals surface area contributed by atoms with Gasteiger partial charge in [-0.1, -0.05) is 12.1 Å². The van der Waals surface area contributed by atoms with Crippen molar-refractivity contribution in [2.24, 2.45) is 11.7 Å². The number of ether oxygens (including phenoxy) is 1. The predicted molar refractivity (Wildman–Crippen MR) is 61.9 cm³/mol. The quantitative estimate of drug-likeness (QED) is 0.802. The number of benzene rings is 1. The molecule has 1 aliphatic heterocycles. The van der Waals surface area contributed by atoms with Gasteiger partial charge in [0, 0.05) is 18.8 Å². The molecule has 0 saturated carbocycles. The molecule has 4 heteroatoms. The largest absolute Gasteiger partial charge is 0.381 e. The number of anilines is 1. The van der Waals surface area contributed by atoms with Crippen LogP contribution < -0.4 is 11.1 Å². The molecule has 0 radical (unpaired) electrons. The second-order valence-corrected chi connectivity index (χ2v) is 3.95. The molecular formula is C12H16N2O2. The van der Waals surface area contributed by atoms with Gasteiger partial charge >= 0.3 is 0 Å². The van der Waals surface area contributed by atoms with Crippen LogP contribution in [-0.2, 0) is 16.1 Å². The van der Waals surface area contributed by atoms with Gasteiger partial charge in [0.2, 0.25) is 5.91 Å². The number of rotatable bonds is 3. The third-order valence-corrected chi connectivity index (χ3v) is 2.76. The molecule has 1 aromatic rings. The molecule has 3 N–H and O–H groups in total. The topological polar surface area (TPSA) is 64.3 Å². The van der Waals surface area contributed by atoms with Crippen molar-refractivity contribution in [1.82, 2.24) is 0 Å². The van der Waals surface area contributed by atoms with Gasteiger partial charge in [-0.2, -0.15) is 0 Å². The van der Waals surface area contributed by atoms with E-state index in [0.29, 0.717) is 19.8 Å². The Morgan fingerprint density at radius 2 is 2.19 bits per heavy atom. The fourth-order valence-corrected chi connectivity index (χ4v) is 1.71. The third-order valence-electron chi connectivity index (χ3n) is 2.76. The molecule has 0 spiro atoms. The Morgan fingerprint density at radius 1 is 1.44 bits per heavy atom. The first-order valence-electron chi connectivity index (χ1n) is 5.47. The molecule has 0 aliphatic carbocycles. The van der Waals surface area contributed by atoms with Gasteiger partial charge in [0.05, 0.1) is 12.5 Å². The van der Waals surface area contributed by atoms with E-state index in [1.165, 1.54) is 0 Å². The molecule has 16 heavy (non-hydrogen) atoms. The summed E-state index contributed by atoms with van der Waals surface area (Å²) in [5.41, 5.74) is 7.37. The monoisotopic (exact) mass is 220 g/mol. The van der Waals surface area contributed by atoms with Crippen LogP contribution in [0.4, 0.5) is 5.69 Å². The number of carbonyl (C=O) groups excluding carboxylic acids is 1. The van der Waals surface area contributed by atoms with Gasteiger partial charge in [-0.3, -0.25) is 4.79 Å². The summed E-state index contributed by atoms with van der Waals surface area (Å²) < 4.78 is 5.18. The van der Waals surface area contributed by atoms with Crippen LogP contribution in [0.2, 0.25) is 0 Å². The van der Waals surface area contributed by atoms with Gasteiger partial charge in [0.15, 0.2) is 0 Å². The van der Waals surface area contributed by atoms with E-state index in [9.17, 15) is 4.79 Å². The molecule has 1 aromatic carbocycles. The minimum Gasteiger partial charge on any atom is -0.381 e. The highest BCUT2D eigenvalue weighted by Gasteiger charge is 2.23. The minimum atomic E-state index is -0.00538. The molecule has 4 nitrogen and oxygen atoms in total. The number of hydrogen-bond acceptors (Lipinski definition) is 3. The van der Waals surface area contributed by atoms with Crippen LogP contribution >= 0.6 is 0 Å². The lowest BCUT2D eigenvalue weighted by Gasteiger charge is -2.09. The second-order valence-electron chi connectivity index (χ2n) is 3.95. The SMILES string of the molecule is NCc1ccc(NC(=O)C2CCOC2)cc1. The van der Waals surface area contributed by atoms with E-state index in [4.69, 9.17) is 10.5 Å². The van der Waals surface area contributed by atoms with Gasteiger partial charge in [-0.25, -0.2) is 0 Å². The van der Waals surface area contributed by atoms with Gasteiger partial charge in [-0.05, 0) is 24.1 Å². The van der Waals surface area contributed by atoms with Gasteiger partial charge in [0.25, 0.3) is 0 Å². The zero-order valence-electron chi connectivity index (χ0n) is 9.11. The van der Waals surface area contributed by atoms with E-state index in [0.717, 1.165) is 17.7 Å². The Balaban J connectivity index is 1.94. The molecule has 1 heterocycles. The van der Waals surface area contributed by atoms with Crippen LogP contribution in [0.1, 0.15) is 12.0 Å². The smallest absolute Gasteiger partial charge is 0.229 e. The van der Waals surface area contributed by atoms with Crippen molar-refractivity contribution >= 4 is 11.6 Å². The fourth-order valence-electron chi connectivity index (χ4n) is 1.71. The van der Waals surface area contributed by atoms with Crippen molar-refractivity contribution in [3.8, 4) is 0 Å². The molecule has 1 amide bonds. The molecule has 2 rings (SSSR count). The summed E-state index contributed by atoms with van der Waals surface area (Å²) in [6.07, 6.45) is 0.812. The van der Waals surface area contributed by atoms with Crippen LogP contribution in [-0.4, -0.2) is 19.1 Å². The Hall–Kier alpha value is -1.39. The van der Waals surface area contributed by atoms with E-state index < -0.39 is 0 Å². The predicted octanol–water partition coefficient (Wildman–Crippen LogP) is 1.12. The first-order chi connectivity index (χ1) is 7.79. The molecule has 86 valence electrons. The lowest BCUT2D eigenvalue weighted by atomic mass is 10.1. The van der Waals surface area contributed by atoms with Crippen molar-refractivity contribution in [2.45, 2.75) is 13.0 Å². The van der Waals surface area contributed by atoms with E-state index in [1.807, 2.05) is 24.3 Å². The molecule has 1 fully saturated rings. The summed E-state index contributed by atoms with van der Waals surface area (Å²) >= 11 is 0. The maximum Gasteiger partial charge on any atom is 0.229 e. The Morgan fingerprint density at radius 3 is 2.75 bits per heavy atom. The summed E-state index contributed by atoms with van der Waals surface area (Å²) in [5.74, 6) is 0.0344. The average Bonchev–Trinajstić information content (AvgIpc) is 2.83. The zero-order valence-corrected chi connectivity index (χ0v) is 9.11. The molecular weight excluding hydrogens is 204 g/mol. The molecule has 1 atom stereocenters. The first-order valence-corrected chi connectivity index (χ1v) is 5.47. The molecule has 1 saturated heterocycles. The first kappa shape index (κ1) is 11.1. The number of nitrogens with one attached hydrogen (secondary N) is 1. The standard InChI is InChI=1S/C12H16N2O2/c13-7-9-1-3-11(4-2-9)14-12(15)10-5-6-16-8-10/h1-4,10H,5-8,13H2,(H,14,15). The van der Waals surface area contributed by atoms with E-state index in [1.54, 1.807) is 0 Å². The normalized spacial score (nSPS) is 19.7. The maximum absolute atomic E-state index is 11.8. The van der Waals surface area contributed by atoms with Crippen LogP contribution in [0, 0.1) is 5.92 Å². The van der Waals surface area contributed by atoms with E-state index >= 15 is 0 Å². The number of amides is 1. The van der Waals surface area contributed by atoms with Crippen LogP contribution in [0.25, 0.3) is 0 Å². The van der Waals surface area contributed by atoms with Gasteiger partial charge in [0.1, 0.15) is 0 Å². The van der Waals surface area contributed by atoms with Gasteiger partial charge in [-0.15, -0.1) is 0 Å². The summed E-state index contributed by atoms with van der Waals surface area (Å²) in [5, 5.41) is 2.88. The number of hydrogen-bond donors (Lipinski definition) is 2. The fraction of sp³-hybridized carbons (Fsp3) is 0.417. The van der Waals surface area contributed by atoms with Crippen LogP contribution in [0.15, 0.2) is 24.3 Å². The number of carbonyl (C=O) groups is 1. The van der Waals surface area contributed by atoms with Crippen molar-refractivity contribution in [1.29, 1.82) is 0 Å². The minimum absolute atomic E-state index is 0.00538. The highest BCUT2D eigenvalue weighted by molar-refractivity contribution is 5.92. The average molecular weight is 220 g/mol. The lowest BCUT2D eigenvalue weighted by molar-refractivity contribution is -0.119. The molecule has 1 aliphatic rings. The third kappa shape index (κ3) is 2.59. The van der Waals surface area contributed by atoms with Crippen LogP contribution in [0.5, 0.6) is 0 Å². The van der Waals surface area contributed by atoms with Crippen molar-refractivity contribution in [3.05, 3.63) is 29.8 Å². The highest BCUT2D eigenvalue weighted by atomic mass is 16.5. The summed E-state index contributed by atoms with van der Waals surface area (Å²) in [7, 11) is 0.